The molecule has 2 rings (SSSR count). The minimum Gasteiger partial charge on any atom is -0.490 e. The van der Waals surface area contributed by atoms with Crippen LogP contribution < -0.4 is 10.5 Å². The van der Waals surface area contributed by atoms with Crippen molar-refractivity contribution in [1.82, 2.24) is 5.73 Å². The average molecular weight is 204 g/mol. The van der Waals surface area contributed by atoms with Crippen molar-refractivity contribution in [3.63, 3.8) is 0 Å². The fourth-order valence-corrected chi connectivity index (χ4v) is 1.99. The van der Waals surface area contributed by atoms with E-state index >= 15 is 0 Å². The third-order valence-electron chi connectivity index (χ3n) is 3.00. The number of hydrogen-bond acceptors (Lipinski definition) is 1. The molecule has 0 amide bonds. The number of benzene rings is 1. The Labute approximate surface area is 91.4 Å². The van der Waals surface area contributed by atoms with Gasteiger partial charge in [0.15, 0.2) is 0 Å². The van der Waals surface area contributed by atoms with Gasteiger partial charge in [0.25, 0.3) is 0 Å². The van der Waals surface area contributed by atoms with E-state index < -0.39 is 0 Å². The Morgan fingerprint density at radius 1 is 1.07 bits per heavy atom. The summed E-state index contributed by atoms with van der Waals surface area (Å²) in [4.78, 5) is 0. The van der Waals surface area contributed by atoms with Crippen LogP contribution in [-0.4, -0.2) is 12.1 Å². The van der Waals surface area contributed by atoms with Crippen LogP contribution in [0.1, 0.15) is 31.2 Å². The highest BCUT2D eigenvalue weighted by molar-refractivity contribution is 5.26. The zero-order valence-electron chi connectivity index (χ0n) is 9.20. The highest BCUT2D eigenvalue weighted by Gasteiger charge is 2.19. The van der Waals surface area contributed by atoms with Crippen molar-refractivity contribution in [1.29, 1.82) is 0 Å². The van der Waals surface area contributed by atoms with E-state index in [4.69, 9.17) is 10.5 Å². The van der Waals surface area contributed by atoms with Crippen molar-refractivity contribution in [2.75, 3.05) is 0 Å². The third-order valence-corrected chi connectivity index (χ3v) is 3.00. The highest BCUT2D eigenvalue weighted by atomic mass is 16.5. The van der Waals surface area contributed by atoms with Crippen LogP contribution in [0.15, 0.2) is 24.3 Å². The summed E-state index contributed by atoms with van der Waals surface area (Å²) in [5.41, 5.74) is 8.88. The molecule has 0 heterocycles. The van der Waals surface area contributed by atoms with E-state index in [1.807, 2.05) is 12.1 Å². The molecule has 81 valence electrons. The van der Waals surface area contributed by atoms with E-state index in [0.717, 1.165) is 31.4 Å². The van der Waals surface area contributed by atoms with E-state index in [2.05, 4.69) is 19.1 Å². The summed E-state index contributed by atoms with van der Waals surface area (Å²) in [6.07, 6.45) is 4.35. The lowest BCUT2D eigenvalue weighted by Crippen LogP contribution is -2.27. The van der Waals surface area contributed by atoms with Gasteiger partial charge in [-0.05, 0) is 44.7 Å². The zero-order valence-corrected chi connectivity index (χ0v) is 9.20. The van der Waals surface area contributed by atoms with Gasteiger partial charge in [0.2, 0.25) is 0 Å². The van der Waals surface area contributed by atoms with Gasteiger partial charge in [0, 0.05) is 6.04 Å². The Morgan fingerprint density at radius 2 is 1.67 bits per heavy atom. The van der Waals surface area contributed by atoms with Crippen molar-refractivity contribution in [2.24, 2.45) is 0 Å². The lowest BCUT2D eigenvalue weighted by Gasteiger charge is -2.26. The van der Waals surface area contributed by atoms with Crippen molar-refractivity contribution in [3.05, 3.63) is 29.8 Å². The first kappa shape index (κ1) is 10.5. The van der Waals surface area contributed by atoms with E-state index in [1.165, 1.54) is 5.56 Å². The summed E-state index contributed by atoms with van der Waals surface area (Å²) in [7, 11) is 0. The molecule has 1 N–H and O–H groups in total. The van der Waals surface area contributed by atoms with Crippen LogP contribution in [0.25, 0.3) is 0 Å². The molecule has 1 radical (unpaired) electrons. The SMILES string of the molecule is Cc1ccc(OC2CCC([NH])CC2)cc1. The maximum absolute atomic E-state index is 7.61. The standard InChI is InChI=1S/C13H18NO/c1-10-2-6-12(7-3-10)15-13-8-4-11(14)5-9-13/h2-3,6-7,11,13-14H,4-5,8-9H2,1H3. The van der Waals surface area contributed by atoms with Gasteiger partial charge in [-0.15, -0.1) is 0 Å². The van der Waals surface area contributed by atoms with Crippen molar-refractivity contribution in [2.45, 2.75) is 44.8 Å². The molecule has 0 bridgehead atoms. The van der Waals surface area contributed by atoms with Gasteiger partial charge in [0.1, 0.15) is 5.75 Å². The Balaban J connectivity index is 1.89. The lowest BCUT2D eigenvalue weighted by atomic mass is 9.94. The van der Waals surface area contributed by atoms with E-state index in [9.17, 15) is 0 Å². The van der Waals surface area contributed by atoms with Gasteiger partial charge in [0.05, 0.1) is 6.10 Å². The van der Waals surface area contributed by atoms with Gasteiger partial charge < -0.3 is 4.74 Å². The maximum Gasteiger partial charge on any atom is 0.119 e. The number of aryl methyl sites for hydroxylation is 1. The van der Waals surface area contributed by atoms with E-state index in [0.29, 0.717) is 6.10 Å². The minimum atomic E-state index is 0.142. The molecule has 1 fully saturated rings. The largest absolute Gasteiger partial charge is 0.490 e. The smallest absolute Gasteiger partial charge is 0.119 e. The number of nitrogens with one attached hydrogen (secondary N) is 1. The van der Waals surface area contributed by atoms with E-state index in [1.54, 1.807) is 0 Å². The number of rotatable bonds is 2. The molecule has 0 atom stereocenters. The first-order valence-electron chi connectivity index (χ1n) is 5.68. The molecular formula is C13H18NO. The monoisotopic (exact) mass is 204 g/mol. The van der Waals surface area contributed by atoms with Crippen LogP contribution >= 0.6 is 0 Å². The predicted molar refractivity (Wildman–Crippen MR) is 60.9 cm³/mol. The van der Waals surface area contributed by atoms with Gasteiger partial charge in [-0.2, -0.15) is 0 Å². The second-order valence-electron chi connectivity index (χ2n) is 4.40. The molecule has 1 aliphatic rings. The quantitative estimate of drug-likeness (QED) is 0.729. The summed E-state index contributed by atoms with van der Waals surface area (Å²) in [5.74, 6) is 0.967. The number of ether oxygens (including phenoxy) is 1. The molecular weight excluding hydrogens is 186 g/mol. The van der Waals surface area contributed by atoms with Gasteiger partial charge in [-0.1, -0.05) is 17.7 Å². The molecule has 2 nitrogen and oxygen atoms in total. The Morgan fingerprint density at radius 3 is 2.27 bits per heavy atom. The molecule has 1 saturated carbocycles. The summed E-state index contributed by atoms with van der Waals surface area (Å²) in [6, 6.07) is 8.35. The minimum absolute atomic E-state index is 0.142. The summed E-state index contributed by atoms with van der Waals surface area (Å²) < 4.78 is 5.88. The summed E-state index contributed by atoms with van der Waals surface area (Å²) in [6.45, 7) is 2.08. The Hall–Kier alpha value is -1.02. The molecule has 0 aromatic heterocycles. The Bertz CT molecular complexity index is 299. The van der Waals surface area contributed by atoms with Crippen LogP contribution in [0.4, 0.5) is 0 Å². The van der Waals surface area contributed by atoms with Crippen molar-refractivity contribution in [3.8, 4) is 5.75 Å². The van der Waals surface area contributed by atoms with Crippen LogP contribution in [0.2, 0.25) is 0 Å². The number of hydrogen-bond donors (Lipinski definition) is 0. The maximum atomic E-state index is 7.61. The summed E-state index contributed by atoms with van der Waals surface area (Å²) in [5, 5.41) is 0. The lowest BCUT2D eigenvalue weighted by molar-refractivity contribution is 0.146. The first-order chi connectivity index (χ1) is 7.24. The molecule has 0 unspecified atom stereocenters. The van der Waals surface area contributed by atoms with Gasteiger partial charge in [-0.25, -0.2) is 0 Å². The van der Waals surface area contributed by atoms with Crippen LogP contribution in [0.5, 0.6) is 5.75 Å². The summed E-state index contributed by atoms with van der Waals surface area (Å²) >= 11 is 0. The van der Waals surface area contributed by atoms with Gasteiger partial charge in [-0.3, -0.25) is 5.73 Å². The molecule has 0 aliphatic heterocycles. The molecule has 15 heavy (non-hydrogen) atoms. The molecule has 2 heteroatoms. The second-order valence-corrected chi connectivity index (χ2v) is 4.40. The fourth-order valence-electron chi connectivity index (χ4n) is 1.99. The van der Waals surface area contributed by atoms with Crippen LogP contribution in [0, 0.1) is 6.92 Å². The zero-order chi connectivity index (χ0) is 10.7. The molecule has 1 aliphatic carbocycles. The highest BCUT2D eigenvalue weighted by Crippen LogP contribution is 2.23. The molecule has 0 spiro atoms. The molecule has 1 aromatic rings. The topological polar surface area (TPSA) is 33.0 Å². The van der Waals surface area contributed by atoms with Crippen LogP contribution in [0.3, 0.4) is 0 Å². The fraction of sp³-hybridized carbons (Fsp3) is 0.538. The first-order valence-corrected chi connectivity index (χ1v) is 5.68. The van der Waals surface area contributed by atoms with Crippen LogP contribution in [-0.2, 0) is 0 Å². The molecule has 1 aromatic carbocycles. The van der Waals surface area contributed by atoms with E-state index in [-0.39, 0.29) is 6.04 Å². The predicted octanol–water partition coefficient (Wildman–Crippen LogP) is 2.97. The third kappa shape index (κ3) is 2.96. The molecule has 0 saturated heterocycles. The van der Waals surface area contributed by atoms with Crippen molar-refractivity contribution >= 4 is 0 Å². The van der Waals surface area contributed by atoms with Crippen molar-refractivity contribution < 1.29 is 4.74 Å². The van der Waals surface area contributed by atoms with Gasteiger partial charge >= 0.3 is 0 Å². The second kappa shape index (κ2) is 4.67. The normalized spacial score (nSPS) is 26.3. The Kier molecular flexibility index (Phi) is 3.27. The average Bonchev–Trinajstić information content (AvgIpc) is 2.25.